The van der Waals surface area contributed by atoms with Crippen LogP contribution in [0.3, 0.4) is 0 Å². The third-order valence-corrected chi connectivity index (χ3v) is 3.99. The van der Waals surface area contributed by atoms with Crippen LogP contribution in [-0.4, -0.2) is 37.0 Å². The van der Waals surface area contributed by atoms with Gasteiger partial charge in [-0.05, 0) is 12.8 Å². The van der Waals surface area contributed by atoms with E-state index < -0.39 is 0 Å². The van der Waals surface area contributed by atoms with Gasteiger partial charge in [0.2, 0.25) is 0 Å². The maximum atomic E-state index is 10.6. The smallest absolute Gasteiger partial charge is 0.162 e. The van der Waals surface area contributed by atoms with E-state index in [1.807, 2.05) is 0 Å². The van der Waals surface area contributed by atoms with E-state index in [0.717, 1.165) is 38.9 Å². The van der Waals surface area contributed by atoms with E-state index >= 15 is 0 Å². The highest BCUT2D eigenvalue weighted by atomic mass is 16.5. The van der Waals surface area contributed by atoms with Crippen molar-refractivity contribution in [3.8, 4) is 0 Å². The first-order chi connectivity index (χ1) is 7.75. The number of fused-ring (bicyclic) bond motifs is 2. The lowest BCUT2D eigenvalue weighted by molar-refractivity contribution is -0.140. The lowest BCUT2D eigenvalue weighted by Gasteiger charge is -2.25. The van der Waals surface area contributed by atoms with E-state index in [-0.39, 0.29) is 12.2 Å². The summed E-state index contributed by atoms with van der Waals surface area (Å²) in [5, 5.41) is 0. The van der Waals surface area contributed by atoms with E-state index in [4.69, 9.17) is 9.47 Å². The summed E-state index contributed by atoms with van der Waals surface area (Å²) < 4.78 is 10.2. The minimum Gasteiger partial charge on any atom is -0.370 e. The van der Waals surface area contributed by atoms with Crippen LogP contribution in [0.1, 0.15) is 25.7 Å². The zero-order chi connectivity index (χ0) is 11.1. The topological polar surface area (TPSA) is 52.6 Å². The van der Waals surface area contributed by atoms with Crippen molar-refractivity contribution in [2.75, 3.05) is 13.2 Å². The van der Waals surface area contributed by atoms with E-state index in [0.29, 0.717) is 23.4 Å². The van der Waals surface area contributed by atoms with Crippen molar-refractivity contribution in [3.05, 3.63) is 0 Å². The Bertz CT molecular complexity index is 293. The van der Waals surface area contributed by atoms with Crippen LogP contribution in [0.15, 0.2) is 0 Å². The number of rotatable bonds is 0. The molecule has 0 amide bonds. The lowest BCUT2D eigenvalue weighted by atomic mass is 9.81. The molecule has 4 rings (SSSR count). The molecule has 16 heavy (non-hydrogen) atoms. The maximum Gasteiger partial charge on any atom is 0.162 e. The average Bonchev–Trinajstić information content (AvgIpc) is 2.81. The highest BCUT2D eigenvalue weighted by Crippen LogP contribution is 2.35. The highest BCUT2D eigenvalue weighted by molar-refractivity contribution is 5.90. The number of Topliss-reactive ketones (excluding diaryl/α,β-unsaturated/α-hetero) is 2. The summed E-state index contributed by atoms with van der Waals surface area (Å²) in [6.07, 6.45) is 3.83. The Kier molecular flexibility index (Phi) is 2.56. The largest absolute Gasteiger partial charge is 0.370 e. The second-order valence-electron chi connectivity index (χ2n) is 5.02. The number of hydrogen-bond donors (Lipinski definition) is 0. The van der Waals surface area contributed by atoms with Gasteiger partial charge in [-0.15, -0.1) is 0 Å². The summed E-state index contributed by atoms with van der Waals surface area (Å²) >= 11 is 0. The van der Waals surface area contributed by atoms with Crippen molar-refractivity contribution in [1.29, 1.82) is 0 Å². The fraction of sp³-hybridized carbons (Fsp3) is 0.833. The molecule has 4 aliphatic rings. The molecule has 0 bridgehead atoms. The van der Waals surface area contributed by atoms with E-state index in [9.17, 15) is 9.59 Å². The van der Waals surface area contributed by atoms with Gasteiger partial charge in [0, 0.05) is 37.9 Å². The van der Waals surface area contributed by atoms with Gasteiger partial charge in [0.1, 0.15) is 12.2 Å². The molecule has 0 aromatic heterocycles. The van der Waals surface area contributed by atoms with Crippen LogP contribution in [0.4, 0.5) is 0 Å². The third-order valence-electron chi connectivity index (χ3n) is 3.99. The quantitative estimate of drug-likeness (QED) is 0.608. The summed E-state index contributed by atoms with van der Waals surface area (Å²) in [5.74, 6) is 1.82. The molecular formula is C12H16O4. The van der Waals surface area contributed by atoms with E-state index in [2.05, 4.69) is 0 Å². The van der Waals surface area contributed by atoms with Crippen LogP contribution < -0.4 is 0 Å². The normalized spacial score (nSPS) is 43.8. The summed E-state index contributed by atoms with van der Waals surface area (Å²) in [6, 6.07) is 0. The first-order valence-electron chi connectivity index (χ1n) is 6.04. The van der Waals surface area contributed by atoms with Crippen molar-refractivity contribution in [1.82, 2.24) is 0 Å². The van der Waals surface area contributed by atoms with Gasteiger partial charge in [-0.3, -0.25) is 9.59 Å². The molecule has 2 aliphatic carbocycles. The summed E-state index contributed by atoms with van der Waals surface area (Å²) in [6.45, 7) is 1.61. The van der Waals surface area contributed by atoms with Crippen molar-refractivity contribution in [2.45, 2.75) is 37.9 Å². The molecular weight excluding hydrogens is 208 g/mol. The molecule has 0 aromatic carbocycles. The first kappa shape index (κ1) is 10.4. The standard InChI is InChI=1S/2C6H8O2/c2*7-5-3-4-1-2-8-6(4)5/h2*4,6H,1-3H2/t2*4-,6-/m10/s1. The van der Waals surface area contributed by atoms with Crippen LogP contribution in [0.5, 0.6) is 0 Å². The molecule has 2 aliphatic heterocycles. The van der Waals surface area contributed by atoms with Crippen LogP contribution in [-0.2, 0) is 19.1 Å². The second-order valence-corrected chi connectivity index (χ2v) is 5.02. The maximum absolute atomic E-state index is 10.6. The van der Waals surface area contributed by atoms with Gasteiger partial charge >= 0.3 is 0 Å². The zero-order valence-electron chi connectivity index (χ0n) is 9.19. The fourth-order valence-corrected chi connectivity index (χ4v) is 2.83. The molecule has 2 heterocycles. The summed E-state index contributed by atoms with van der Waals surface area (Å²) in [5.41, 5.74) is 0. The molecule has 4 heteroatoms. The monoisotopic (exact) mass is 224 g/mol. The van der Waals surface area contributed by atoms with Gasteiger partial charge in [0.25, 0.3) is 0 Å². The van der Waals surface area contributed by atoms with Gasteiger partial charge in [-0.25, -0.2) is 0 Å². The number of ketones is 2. The van der Waals surface area contributed by atoms with Gasteiger partial charge in [-0.1, -0.05) is 0 Å². The molecule has 2 saturated heterocycles. The zero-order valence-corrected chi connectivity index (χ0v) is 9.19. The second kappa shape index (κ2) is 3.93. The Hall–Kier alpha value is -0.740. The predicted molar refractivity (Wildman–Crippen MR) is 54.9 cm³/mol. The van der Waals surface area contributed by atoms with Crippen molar-refractivity contribution in [3.63, 3.8) is 0 Å². The molecule has 0 radical (unpaired) electrons. The Morgan fingerprint density at radius 3 is 1.50 bits per heavy atom. The van der Waals surface area contributed by atoms with Crippen molar-refractivity contribution >= 4 is 11.6 Å². The molecule has 88 valence electrons. The first-order valence-corrected chi connectivity index (χ1v) is 6.04. The Balaban J connectivity index is 0.000000101. The van der Waals surface area contributed by atoms with Gasteiger partial charge in [-0.2, -0.15) is 0 Å². The molecule has 4 nitrogen and oxygen atoms in total. The van der Waals surface area contributed by atoms with E-state index in [1.54, 1.807) is 0 Å². The lowest BCUT2D eigenvalue weighted by Crippen LogP contribution is -2.39. The van der Waals surface area contributed by atoms with Crippen molar-refractivity contribution < 1.29 is 19.1 Å². The number of carbonyl (C=O) groups is 2. The minimum absolute atomic E-state index is 0.0231. The number of carbonyl (C=O) groups excluding carboxylic acids is 2. The van der Waals surface area contributed by atoms with Crippen LogP contribution in [0, 0.1) is 11.8 Å². The fourth-order valence-electron chi connectivity index (χ4n) is 2.83. The summed E-state index contributed by atoms with van der Waals surface area (Å²) in [7, 11) is 0. The Morgan fingerprint density at radius 2 is 1.25 bits per heavy atom. The molecule has 0 unspecified atom stereocenters. The Morgan fingerprint density at radius 1 is 0.812 bits per heavy atom. The van der Waals surface area contributed by atoms with Gasteiger partial charge < -0.3 is 9.47 Å². The predicted octanol–water partition coefficient (Wildman–Crippen LogP) is 0.729. The average molecular weight is 224 g/mol. The number of ether oxygens (including phenoxy) is 2. The van der Waals surface area contributed by atoms with Crippen molar-refractivity contribution in [2.24, 2.45) is 11.8 Å². The Labute approximate surface area is 94.3 Å². The minimum atomic E-state index is 0.0231. The van der Waals surface area contributed by atoms with Gasteiger partial charge in [0.05, 0.1) is 0 Å². The molecule has 2 saturated carbocycles. The molecule has 0 N–H and O–H groups in total. The molecule has 0 spiro atoms. The number of hydrogen-bond acceptors (Lipinski definition) is 4. The van der Waals surface area contributed by atoms with Crippen LogP contribution >= 0.6 is 0 Å². The molecule has 0 aromatic rings. The molecule has 4 fully saturated rings. The third kappa shape index (κ3) is 1.60. The molecule has 4 atom stereocenters. The summed E-state index contributed by atoms with van der Waals surface area (Å²) in [4.78, 5) is 21.2. The highest BCUT2D eigenvalue weighted by Gasteiger charge is 2.44. The van der Waals surface area contributed by atoms with E-state index in [1.165, 1.54) is 0 Å². The SMILES string of the molecule is O=C1C[C@@H]2CCO[C@H]12.O=C1C[C@H]2CCO[C@@H]12. The van der Waals surface area contributed by atoms with Crippen LogP contribution in [0.25, 0.3) is 0 Å². The van der Waals surface area contributed by atoms with Crippen LogP contribution in [0.2, 0.25) is 0 Å². The van der Waals surface area contributed by atoms with Gasteiger partial charge in [0.15, 0.2) is 11.6 Å².